The number of hydrazone groups is 1. The first-order chi connectivity index (χ1) is 13.1. The minimum Gasteiger partial charge on any atom is -0.496 e. The highest BCUT2D eigenvalue weighted by Crippen LogP contribution is 2.27. The number of hydrogen-bond donors (Lipinski definition) is 1. The average Bonchev–Trinajstić information content (AvgIpc) is 2.67. The highest BCUT2D eigenvalue weighted by atomic mass is 79.9. The zero-order chi connectivity index (χ0) is 19.2. The molecule has 138 valence electrons. The van der Waals surface area contributed by atoms with Crippen LogP contribution >= 0.6 is 15.9 Å². The van der Waals surface area contributed by atoms with E-state index in [1.807, 2.05) is 61.5 Å². The van der Waals surface area contributed by atoms with Gasteiger partial charge in [-0.25, -0.2) is 5.43 Å². The van der Waals surface area contributed by atoms with Crippen molar-refractivity contribution in [2.45, 2.75) is 6.92 Å². The molecule has 27 heavy (non-hydrogen) atoms. The van der Waals surface area contributed by atoms with Crippen LogP contribution in [0.3, 0.4) is 0 Å². The van der Waals surface area contributed by atoms with Gasteiger partial charge in [0.15, 0.2) is 6.61 Å². The van der Waals surface area contributed by atoms with Crippen molar-refractivity contribution in [1.82, 2.24) is 5.43 Å². The van der Waals surface area contributed by atoms with Gasteiger partial charge in [-0.15, -0.1) is 0 Å². The molecule has 0 aliphatic carbocycles. The second-order valence-electron chi connectivity index (χ2n) is 5.92. The van der Waals surface area contributed by atoms with Crippen molar-refractivity contribution in [1.29, 1.82) is 0 Å². The second-order valence-corrected chi connectivity index (χ2v) is 6.77. The van der Waals surface area contributed by atoms with Crippen molar-refractivity contribution >= 4 is 38.8 Å². The van der Waals surface area contributed by atoms with E-state index in [-0.39, 0.29) is 12.5 Å². The fraction of sp³-hybridized carbons (Fsp3) is 0.143. The standard InChI is InChI=1S/C21H19BrN2O3/c1-14-7-9-20(18(22)11-14)27-13-21(25)24-23-12-15-8-10-19(26-2)17-6-4-3-5-16(15)17/h3-12H,13H2,1-2H3,(H,24,25)/b23-12+. The summed E-state index contributed by atoms with van der Waals surface area (Å²) in [6, 6.07) is 17.3. The van der Waals surface area contributed by atoms with Crippen molar-refractivity contribution in [3.05, 3.63) is 70.2 Å². The van der Waals surface area contributed by atoms with Crippen LogP contribution in [-0.4, -0.2) is 25.8 Å². The molecule has 0 aromatic heterocycles. The first kappa shape index (κ1) is 18.9. The van der Waals surface area contributed by atoms with Crippen molar-refractivity contribution in [3.8, 4) is 11.5 Å². The van der Waals surface area contributed by atoms with Crippen molar-refractivity contribution in [2.75, 3.05) is 13.7 Å². The maximum absolute atomic E-state index is 12.0. The highest BCUT2D eigenvalue weighted by molar-refractivity contribution is 9.10. The molecule has 0 radical (unpaired) electrons. The van der Waals surface area contributed by atoms with Gasteiger partial charge in [0.05, 0.1) is 17.8 Å². The molecule has 0 spiro atoms. The predicted molar refractivity (Wildman–Crippen MR) is 111 cm³/mol. The van der Waals surface area contributed by atoms with Gasteiger partial charge < -0.3 is 9.47 Å². The molecule has 3 aromatic rings. The number of carbonyl (C=O) groups is 1. The van der Waals surface area contributed by atoms with Crippen molar-refractivity contribution < 1.29 is 14.3 Å². The summed E-state index contributed by atoms with van der Waals surface area (Å²) in [7, 11) is 1.64. The van der Waals surface area contributed by atoms with E-state index in [0.717, 1.165) is 32.1 Å². The summed E-state index contributed by atoms with van der Waals surface area (Å²) in [5.74, 6) is 1.07. The molecule has 0 aliphatic rings. The molecule has 1 amide bonds. The van der Waals surface area contributed by atoms with Gasteiger partial charge in [-0.05, 0) is 58.1 Å². The van der Waals surface area contributed by atoms with Gasteiger partial charge in [-0.2, -0.15) is 5.10 Å². The first-order valence-corrected chi connectivity index (χ1v) is 9.14. The van der Waals surface area contributed by atoms with Crippen LogP contribution in [0.5, 0.6) is 11.5 Å². The Morgan fingerprint density at radius 2 is 1.85 bits per heavy atom. The van der Waals surface area contributed by atoms with Crippen LogP contribution in [0.25, 0.3) is 10.8 Å². The molecule has 0 bridgehead atoms. The van der Waals surface area contributed by atoms with E-state index in [9.17, 15) is 4.79 Å². The third-order valence-electron chi connectivity index (χ3n) is 3.98. The Kier molecular flexibility index (Phi) is 6.08. The molecule has 0 fully saturated rings. The Hall–Kier alpha value is -2.86. The van der Waals surface area contributed by atoms with Gasteiger partial charge in [0, 0.05) is 10.9 Å². The third-order valence-corrected chi connectivity index (χ3v) is 4.60. The molecule has 0 atom stereocenters. The maximum atomic E-state index is 12.0. The van der Waals surface area contributed by atoms with Gasteiger partial charge >= 0.3 is 0 Å². The SMILES string of the molecule is COc1ccc(/C=N/NC(=O)COc2ccc(C)cc2Br)c2ccccc12. The van der Waals surface area contributed by atoms with Gasteiger partial charge in [-0.1, -0.05) is 30.3 Å². The van der Waals surface area contributed by atoms with Gasteiger partial charge in [-0.3, -0.25) is 4.79 Å². The summed E-state index contributed by atoms with van der Waals surface area (Å²) in [6.07, 6.45) is 1.61. The maximum Gasteiger partial charge on any atom is 0.277 e. The Bertz CT molecular complexity index is 1000. The zero-order valence-corrected chi connectivity index (χ0v) is 16.6. The van der Waals surface area contributed by atoms with E-state index in [1.54, 1.807) is 13.3 Å². The zero-order valence-electron chi connectivity index (χ0n) is 15.0. The first-order valence-electron chi connectivity index (χ1n) is 8.35. The smallest absolute Gasteiger partial charge is 0.277 e. The van der Waals surface area contributed by atoms with Gasteiger partial charge in [0.2, 0.25) is 0 Å². The Labute approximate surface area is 166 Å². The lowest BCUT2D eigenvalue weighted by atomic mass is 10.0. The minimum atomic E-state index is -0.337. The van der Waals surface area contributed by atoms with Crippen LogP contribution in [0.2, 0.25) is 0 Å². The number of ether oxygens (including phenoxy) is 2. The topological polar surface area (TPSA) is 59.9 Å². The van der Waals surface area contributed by atoms with Gasteiger partial charge in [0.1, 0.15) is 11.5 Å². The van der Waals surface area contributed by atoms with Crippen molar-refractivity contribution in [3.63, 3.8) is 0 Å². The number of amides is 1. The molecule has 0 saturated carbocycles. The largest absolute Gasteiger partial charge is 0.496 e. The molecule has 0 aliphatic heterocycles. The number of nitrogens with zero attached hydrogens (tertiary/aromatic N) is 1. The number of carbonyl (C=O) groups excluding carboxylic acids is 1. The fourth-order valence-corrected chi connectivity index (χ4v) is 3.27. The number of halogens is 1. The van der Waals surface area contributed by atoms with Crippen LogP contribution in [0.15, 0.2) is 64.2 Å². The number of benzene rings is 3. The summed E-state index contributed by atoms with van der Waals surface area (Å²) >= 11 is 3.42. The molecular formula is C21H19BrN2O3. The summed E-state index contributed by atoms with van der Waals surface area (Å²) in [5, 5.41) is 6.02. The quantitative estimate of drug-likeness (QED) is 0.467. The number of nitrogens with one attached hydrogen (secondary N) is 1. The number of methoxy groups -OCH3 is 1. The van der Waals surface area contributed by atoms with Crippen LogP contribution in [-0.2, 0) is 4.79 Å². The second kappa shape index (κ2) is 8.68. The number of rotatable bonds is 6. The van der Waals surface area contributed by atoms with E-state index in [0.29, 0.717) is 5.75 Å². The fourth-order valence-electron chi connectivity index (χ4n) is 2.66. The number of aryl methyl sites for hydroxylation is 1. The van der Waals surface area contributed by atoms with E-state index in [2.05, 4.69) is 26.5 Å². The van der Waals surface area contributed by atoms with Crippen LogP contribution in [0.4, 0.5) is 0 Å². The van der Waals surface area contributed by atoms with E-state index < -0.39 is 0 Å². The normalized spacial score (nSPS) is 10.9. The molecule has 0 unspecified atom stereocenters. The van der Waals surface area contributed by atoms with E-state index >= 15 is 0 Å². The van der Waals surface area contributed by atoms with Crippen LogP contribution in [0.1, 0.15) is 11.1 Å². The summed E-state index contributed by atoms with van der Waals surface area (Å²) in [5.41, 5.74) is 4.47. The minimum absolute atomic E-state index is 0.123. The molecule has 3 rings (SSSR count). The predicted octanol–water partition coefficient (Wildman–Crippen LogP) is 4.45. The molecule has 3 aromatic carbocycles. The lowest BCUT2D eigenvalue weighted by molar-refractivity contribution is -0.123. The van der Waals surface area contributed by atoms with Crippen LogP contribution < -0.4 is 14.9 Å². The molecule has 1 N–H and O–H groups in total. The lowest BCUT2D eigenvalue weighted by Crippen LogP contribution is -2.24. The molecular weight excluding hydrogens is 408 g/mol. The average molecular weight is 427 g/mol. The molecule has 6 heteroatoms. The van der Waals surface area contributed by atoms with Gasteiger partial charge in [0.25, 0.3) is 5.91 Å². The highest BCUT2D eigenvalue weighted by Gasteiger charge is 2.06. The Morgan fingerprint density at radius 1 is 1.11 bits per heavy atom. The molecule has 5 nitrogen and oxygen atoms in total. The Morgan fingerprint density at radius 3 is 2.59 bits per heavy atom. The summed E-state index contributed by atoms with van der Waals surface area (Å²) in [4.78, 5) is 12.0. The van der Waals surface area contributed by atoms with Crippen molar-refractivity contribution in [2.24, 2.45) is 5.10 Å². The third kappa shape index (κ3) is 4.65. The summed E-state index contributed by atoms with van der Waals surface area (Å²) < 4.78 is 11.7. The monoisotopic (exact) mass is 426 g/mol. The molecule has 0 saturated heterocycles. The molecule has 0 heterocycles. The number of hydrogen-bond acceptors (Lipinski definition) is 4. The van der Waals surface area contributed by atoms with E-state index in [4.69, 9.17) is 9.47 Å². The van der Waals surface area contributed by atoms with E-state index in [1.165, 1.54) is 0 Å². The van der Waals surface area contributed by atoms with Crippen LogP contribution in [0, 0.1) is 6.92 Å². The lowest BCUT2D eigenvalue weighted by Gasteiger charge is -2.08. The number of fused-ring (bicyclic) bond motifs is 1. The Balaban J connectivity index is 1.64. The summed E-state index contributed by atoms with van der Waals surface area (Å²) in [6.45, 7) is 1.86.